The van der Waals surface area contributed by atoms with Crippen LogP contribution >= 0.6 is 0 Å². The van der Waals surface area contributed by atoms with Crippen LogP contribution in [0.1, 0.15) is 88.0 Å². The van der Waals surface area contributed by atoms with Crippen molar-refractivity contribution in [2.24, 2.45) is 5.92 Å². The van der Waals surface area contributed by atoms with Crippen molar-refractivity contribution in [3.05, 3.63) is 38.9 Å². The van der Waals surface area contributed by atoms with Gasteiger partial charge >= 0.3 is 251 Å². The molecule has 274 valence electrons. The van der Waals surface area contributed by atoms with E-state index in [1.165, 1.54) is 18.1 Å². The SMILES string of the molecule is CCOC(=O)[C@@]12C[C@H]1/[C]([Na])=C\CCCCC[C@H](NC(=O)OC1CCCC1)C(=O)N1C[C@H](Oc3cc(C(=O)O)nc4cc(OC)ccc34)C[C@H]1C(=O)N2. The van der Waals surface area contributed by atoms with Gasteiger partial charge in [-0.3, -0.25) is 0 Å². The summed E-state index contributed by atoms with van der Waals surface area (Å²) in [5.74, 6) is -2.22. The van der Waals surface area contributed by atoms with Crippen LogP contribution < -0.4 is 20.1 Å². The van der Waals surface area contributed by atoms with Gasteiger partial charge in [0, 0.05) is 6.07 Å². The minimum absolute atomic E-state index is 0.0309. The Morgan fingerprint density at radius 1 is 1.08 bits per heavy atom. The quantitative estimate of drug-likeness (QED) is 0.266. The average molecular weight is 729 g/mol. The Kier molecular flexibility index (Phi) is 12.0. The van der Waals surface area contributed by atoms with Crippen LogP contribution in [-0.2, 0) is 23.9 Å². The van der Waals surface area contributed by atoms with E-state index in [0.29, 0.717) is 63.8 Å². The Labute approximate surface area is 319 Å². The molecule has 0 bridgehead atoms. The van der Waals surface area contributed by atoms with Crippen molar-refractivity contribution in [2.75, 3.05) is 20.3 Å². The molecule has 2 aliphatic heterocycles. The van der Waals surface area contributed by atoms with Crippen LogP contribution in [0.3, 0.4) is 0 Å². The van der Waals surface area contributed by atoms with Crippen molar-refractivity contribution >= 4 is 68.7 Å². The number of hydrogen-bond donors (Lipinski definition) is 3. The molecule has 5 atom stereocenters. The van der Waals surface area contributed by atoms with Gasteiger partial charge in [0.2, 0.25) is 0 Å². The summed E-state index contributed by atoms with van der Waals surface area (Å²) < 4.78 is 24.0. The molecule has 1 aromatic heterocycles. The number of hydrogen-bond acceptors (Lipinski definition) is 10. The van der Waals surface area contributed by atoms with Crippen LogP contribution in [0.5, 0.6) is 11.5 Å². The number of benzene rings is 1. The van der Waals surface area contributed by atoms with Gasteiger partial charge in [0.1, 0.15) is 5.75 Å². The Morgan fingerprint density at radius 3 is 2.58 bits per heavy atom. The second-order valence-electron chi connectivity index (χ2n) is 14.2. The Balaban J connectivity index is 1.33. The van der Waals surface area contributed by atoms with Gasteiger partial charge in [0.15, 0.2) is 0 Å². The number of methoxy groups -OCH3 is 1. The van der Waals surface area contributed by atoms with Gasteiger partial charge in [-0.2, -0.15) is 0 Å². The molecule has 3 N–H and O–H groups in total. The van der Waals surface area contributed by atoms with Crippen LogP contribution in [0.4, 0.5) is 4.79 Å². The van der Waals surface area contributed by atoms with E-state index in [1.54, 1.807) is 25.1 Å². The van der Waals surface area contributed by atoms with Crippen molar-refractivity contribution < 1.29 is 48.0 Å². The number of rotatable bonds is 8. The molecule has 1 aromatic carbocycles. The predicted octanol–water partition coefficient (Wildman–Crippen LogP) is 3.78. The molecule has 3 amide bonds. The number of alkyl carbamates (subject to hydrolysis) is 1. The van der Waals surface area contributed by atoms with E-state index in [-0.39, 0.29) is 43.0 Å². The van der Waals surface area contributed by atoms with Gasteiger partial charge < -0.3 is 9.84 Å². The Hall–Kier alpha value is -3.88. The van der Waals surface area contributed by atoms with Crippen LogP contribution in [-0.4, -0.2) is 123 Å². The molecule has 6 rings (SSSR count). The summed E-state index contributed by atoms with van der Waals surface area (Å²) in [6.45, 7) is 1.84. The average Bonchev–Trinajstić information content (AvgIpc) is 3.39. The number of fused-ring (bicyclic) bond motifs is 3. The van der Waals surface area contributed by atoms with E-state index in [9.17, 15) is 29.1 Å². The van der Waals surface area contributed by atoms with Crippen LogP contribution in [0, 0.1) is 5.92 Å². The molecule has 2 aliphatic carbocycles. The van der Waals surface area contributed by atoms with Crippen molar-refractivity contribution in [2.45, 2.75) is 107 Å². The number of allylic oxidation sites excluding steroid dienone is 1. The third-order valence-corrected chi connectivity index (χ3v) is 11.8. The van der Waals surface area contributed by atoms with Gasteiger partial charge in [-0.15, -0.1) is 0 Å². The van der Waals surface area contributed by atoms with E-state index in [1.807, 2.05) is 0 Å². The summed E-state index contributed by atoms with van der Waals surface area (Å²) in [6.07, 6.45) is 8.03. The van der Waals surface area contributed by atoms with Crippen molar-refractivity contribution in [3.8, 4) is 11.5 Å². The van der Waals surface area contributed by atoms with Crippen molar-refractivity contribution in [3.63, 3.8) is 0 Å². The van der Waals surface area contributed by atoms with Gasteiger partial charge in [-0.05, 0) is 31.7 Å². The Bertz CT molecular complexity index is 1750. The summed E-state index contributed by atoms with van der Waals surface area (Å²) >= 11 is 0.714. The van der Waals surface area contributed by atoms with E-state index in [4.69, 9.17) is 18.9 Å². The number of nitrogens with zero attached hydrogens (tertiary/aromatic N) is 2. The molecule has 0 radical (unpaired) electrons. The molecule has 15 heteroatoms. The molecule has 3 heterocycles. The number of amides is 3. The van der Waals surface area contributed by atoms with Gasteiger partial charge in [-0.1, -0.05) is 0 Å². The second-order valence-corrected chi connectivity index (χ2v) is 15.4. The predicted molar refractivity (Wildman–Crippen MR) is 188 cm³/mol. The number of ether oxygens (including phenoxy) is 4. The maximum absolute atomic E-state index is 14.5. The van der Waals surface area contributed by atoms with Crippen molar-refractivity contribution in [1.82, 2.24) is 20.5 Å². The maximum atomic E-state index is 14.5. The normalized spacial score (nSPS) is 27.9. The molecule has 0 unspecified atom stereocenters. The van der Waals surface area contributed by atoms with Gasteiger partial charge in [0.05, 0.1) is 7.11 Å². The van der Waals surface area contributed by atoms with Gasteiger partial charge in [0.25, 0.3) is 0 Å². The zero-order chi connectivity index (χ0) is 37.0. The molecule has 52 heavy (non-hydrogen) atoms. The fraction of sp³-hybridized carbons (Fsp3) is 0.568. The monoisotopic (exact) mass is 728 g/mol. The van der Waals surface area contributed by atoms with E-state index < -0.39 is 53.6 Å². The number of esters is 1. The zero-order valence-electron chi connectivity index (χ0n) is 30.0. The summed E-state index contributed by atoms with van der Waals surface area (Å²) in [7, 11) is 1.49. The molecular formula is C37H45N4NaO10. The number of nitrogens with one attached hydrogen (secondary N) is 2. The molecule has 4 aliphatic rings. The molecular weight excluding hydrogens is 683 g/mol. The Morgan fingerprint density at radius 2 is 1.85 bits per heavy atom. The molecule has 14 nitrogen and oxygen atoms in total. The number of carboxylic acids is 1. The second kappa shape index (κ2) is 16.4. The van der Waals surface area contributed by atoms with Crippen molar-refractivity contribution in [1.29, 1.82) is 0 Å². The third kappa shape index (κ3) is 8.34. The topological polar surface area (TPSA) is 183 Å². The third-order valence-electron chi connectivity index (χ3n) is 10.7. The zero-order valence-corrected chi connectivity index (χ0v) is 32.0. The number of pyridine rings is 1. The molecule has 2 saturated carbocycles. The number of carbonyl (C=O) groups excluding carboxylic acids is 4. The van der Waals surface area contributed by atoms with Crippen LogP contribution in [0.15, 0.2) is 33.2 Å². The fourth-order valence-electron chi connectivity index (χ4n) is 7.79. The summed E-state index contributed by atoms with van der Waals surface area (Å²) in [5, 5.41) is 16.2. The first-order chi connectivity index (χ1) is 25.0. The number of carboxylic acid groups (broad SMARTS) is 1. The first-order valence-electron chi connectivity index (χ1n) is 18.3. The molecule has 1 saturated heterocycles. The van der Waals surface area contributed by atoms with E-state index >= 15 is 0 Å². The summed E-state index contributed by atoms with van der Waals surface area (Å²) in [5.41, 5.74) is -1.14. The molecule has 2 aromatic rings. The van der Waals surface area contributed by atoms with E-state index in [0.717, 1.165) is 47.8 Å². The van der Waals surface area contributed by atoms with Crippen LogP contribution in [0.2, 0.25) is 0 Å². The standard InChI is InChI=1S/C37H45N4O10.Na/c1-3-49-35(46)37-20-22(37)11-7-5-4-6-8-14-27(39-36(47)51-23-12-9-10-13-23)33(43)41-21-25(18-30(41)32(42)40-37)50-31-19-29(34(44)45)38-28-17-24(48-2)15-16-26(28)31;/h7,15-17,19,22-23,25,27,30H,3-6,8-10,12-14,18,20-21H2,1-2H3,(H,39,47)(H,40,42)(H,44,45);/t22-,25-,27+,30+,37-;/m1./s1. The molecule has 0 spiro atoms. The first kappa shape index (κ1) is 37.9. The minimum atomic E-state index is -1.25. The number of aromatic nitrogens is 1. The first-order valence-corrected chi connectivity index (χ1v) is 19.3. The number of carbonyl (C=O) groups is 5. The van der Waals surface area contributed by atoms with Gasteiger partial charge in [-0.25, -0.2) is 9.78 Å². The van der Waals surface area contributed by atoms with Crippen LogP contribution in [0.25, 0.3) is 10.9 Å². The summed E-state index contributed by atoms with van der Waals surface area (Å²) in [4.78, 5) is 73.0. The fourth-order valence-corrected chi connectivity index (χ4v) is 8.77. The van der Waals surface area contributed by atoms with E-state index in [2.05, 4.69) is 21.7 Å². The summed E-state index contributed by atoms with van der Waals surface area (Å²) in [6, 6.07) is 4.32. The molecule has 3 fully saturated rings. The number of aromatic carboxylic acids is 1.